The van der Waals surface area contributed by atoms with Crippen LogP contribution in [0.4, 0.5) is 0 Å². The molecule has 2 amide bonds. The zero-order chi connectivity index (χ0) is 13.2. The number of carbonyl (C=O) groups excluding carboxylic acids is 2. The highest BCUT2D eigenvalue weighted by molar-refractivity contribution is 7.98. The molecule has 104 valence electrons. The van der Waals surface area contributed by atoms with Crippen molar-refractivity contribution in [2.75, 3.05) is 5.75 Å². The van der Waals surface area contributed by atoms with Crippen molar-refractivity contribution in [2.45, 2.75) is 71.1 Å². The van der Waals surface area contributed by atoms with Gasteiger partial charge in [-0.25, -0.2) is 4.31 Å². The first-order chi connectivity index (χ1) is 8.75. The lowest BCUT2D eigenvalue weighted by Crippen LogP contribution is -2.21. The number of rotatable bonds is 10. The summed E-state index contributed by atoms with van der Waals surface area (Å²) in [6, 6.07) is 0. The highest BCUT2D eigenvalue weighted by Gasteiger charge is 2.29. The predicted octanol–water partition coefficient (Wildman–Crippen LogP) is 3.92. The summed E-state index contributed by atoms with van der Waals surface area (Å²) in [4.78, 5) is 22.7. The van der Waals surface area contributed by atoms with Gasteiger partial charge in [-0.3, -0.25) is 9.59 Å². The van der Waals surface area contributed by atoms with Crippen LogP contribution in [0.3, 0.4) is 0 Å². The normalized spacial score (nSPS) is 15.7. The Balaban J connectivity index is 1.89. The molecule has 0 aromatic heterocycles. The van der Waals surface area contributed by atoms with Gasteiger partial charge in [-0.2, -0.15) is 0 Å². The third kappa shape index (κ3) is 5.89. The molecule has 1 fully saturated rings. The van der Waals surface area contributed by atoms with Gasteiger partial charge in [0.05, 0.1) is 0 Å². The standard InChI is InChI=1S/C14H25NO2S/c1-2-3-4-5-6-7-8-9-12-18-15-13(16)10-11-14(15)17/h2-12H2,1H3. The smallest absolute Gasteiger partial charge is 0.239 e. The minimum absolute atomic E-state index is 0.00966. The lowest BCUT2D eigenvalue weighted by molar-refractivity contribution is -0.131. The second kappa shape index (κ2) is 9.42. The maximum Gasteiger partial charge on any atom is 0.239 e. The number of unbranched alkanes of at least 4 members (excludes halogenated alkanes) is 7. The Kier molecular flexibility index (Phi) is 8.14. The molecule has 0 bridgehead atoms. The number of imide groups is 1. The summed E-state index contributed by atoms with van der Waals surface area (Å²) in [5.41, 5.74) is 0. The molecule has 1 rings (SSSR count). The topological polar surface area (TPSA) is 37.4 Å². The van der Waals surface area contributed by atoms with Crippen molar-refractivity contribution in [3.63, 3.8) is 0 Å². The van der Waals surface area contributed by atoms with Crippen LogP contribution in [-0.4, -0.2) is 21.9 Å². The first-order valence-electron chi connectivity index (χ1n) is 7.24. The molecule has 0 radical (unpaired) electrons. The zero-order valence-electron chi connectivity index (χ0n) is 11.5. The molecule has 1 saturated heterocycles. The average Bonchev–Trinajstić information content (AvgIpc) is 2.68. The molecule has 0 saturated carbocycles. The van der Waals surface area contributed by atoms with Gasteiger partial charge in [0.2, 0.25) is 11.8 Å². The van der Waals surface area contributed by atoms with Crippen LogP contribution in [0.2, 0.25) is 0 Å². The molecule has 4 heteroatoms. The van der Waals surface area contributed by atoms with Crippen LogP contribution in [0.5, 0.6) is 0 Å². The van der Waals surface area contributed by atoms with Crippen molar-refractivity contribution in [2.24, 2.45) is 0 Å². The van der Waals surface area contributed by atoms with E-state index in [1.807, 2.05) is 0 Å². The Morgan fingerprint density at radius 3 is 1.94 bits per heavy atom. The zero-order valence-corrected chi connectivity index (χ0v) is 12.3. The summed E-state index contributed by atoms with van der Waals surface area (Å²) in [5, 5.41) is 0. The quantitative estimate of drug-likeness (QED) is 0.343. The highest BCUT2D eigenvalue weighted by Crippen LogP contribution is 2.22. The molecule has 0 aromatic rings. The van der Waals surface area contributed by atoms with Crippen LogP contribution in [-0.2, 0) is 9.59 Å². The molecule has 0 unspecified atom stereocenters. The van der Waals surface area contributed by atoms with Crippen LogP contribution in [0.1, 0.15) is 71.1 Å². The van der Waals surface area contributed by atoms with Gasteiger partial charge < -0.3 is 0 Å². The predicted molar refractivity (Wildman–Crippen MR) is 76.2 cm³/mol. The molecule has 3 nitrogen and oxygen atoms in total. The average molecular weight is 271 g/mol. The maximum absolute atomic E-state index is 11.3. The van der Waals surface area contributed by atoms with Gasteiger partial charge >= 0.3 is 0 Å². The molecule has 18 heavy (non-hydrogen) atoms. The molecule has 0 spiro atoms. The van der Waals surface area contributed by atoms with Gasteiger partial charge in [0, 0.05) is 18.6 Å². The largest absolute Gasteiger partial charge is 0.273 e. The van der Waals surface area contributed by atoms with E-state index in [1.54, 1.807) is 0 Å². The fraction of sp³-hybridized carbons (Fsp3) is 0.857. The van der Waals surface area contributed by atoms with Crippen LogP contribution >= 0.6 is 11.9 Å². The summed E-state index contributed by atoms with van der Waals surface area (Å²) in [5.74, 6) is 0.876. The van der Waals surface area contributed by atoms with Crippen molar-refractivity contribution >= 4 is 23.8 Å². The molecule has 1 heterocycles. The minimum atomic E-state index is -0.00966. The molecule has 0 atom stereocenters. The lowest BCUT2D eigenvalue weighted by atomic mass is 10.1. The van der Waals surface area contributed by atoms with E-state index in [4.69, 9.17) is 0 Å². The van der Waals surface area contributed by atoms with Crippen molar-refractivity contribution in [3.05, 3.63) is 0 Å². The SMILES string of the molecule is CCCCCCCCCCSN1C(=O)CCC1=O. The van der Waals surface area contributed by atoms with Gasteiger partial charge in [0.15, 0.2) is 0 Å². The van der Waals surface area contributed by atoms with E-state index in [-0.39, 0.29) is 11.8 Å². The van der Waals surface area contributed by atoms with Crippen molar-refractivity contribution in [1.82, 2.24) is 4.31 Å². The molecule has 0 aliphatic carbocycles. The molecule has 0 N–H and O–H groups in total. The van der Waals surface area contributed by atoms with E-state index in [0.717, 1.165) is 12.2 Å². The maximum atomic E-state index is 11.3. The summed E-state index contributed by atoms with van der Waals surface area (Å²) >= 11 is 1.41. The van der Waals surface area contributed by atoms with Gasteiger partial charge in [0.1, 0.15) is 0 Å². The first-order valence-corrected chi connectivity index (χ1v) is 8.18. The Bertz CT molecular complexity index is 253. The van der Waals surface area contributed by atoms with Gasteiger partial charge in [-0.15, -0.1) is 0 Å². The second-order valence-corrected chi connectivity index (χ2v) is 5.92. The summed E-state index contributed by atoms with van der Waals surface area (Å²) in [6.07, 6.45) is 11.1. The number of hydrogen-bond donors (Lipinski definition) is 0. The highest BCUT2D eigenvalue weighted by atomic mass is 32.2. The minimum Gasteiger partial charge on any atom is -0.273 e. The molecule has 1 aliphatic rings. The number of amides is 2. The third-order valence-electron chi connectivity index (χ3n) is 3.22. The Hall–Kier alpha value is -0.510. The summed E-state index contributed by atoms with van der Waals surface area (Å²) in [7, 11) is 0. The number of carbonyl (C=O) groups is 2. The van der Waals surface area contributed by atoms with Crippen LogP contribution in [0.15, 0.2) is 0 Å². The molecular formula is C14H25NO2S. The van der Waals surface area contributed by atoms with Crippen molar-refractivity contribution < 1.29 is 9.59 Å². The number of nitrogens with zero attached hydrogens (tertiary/aromatic N) is 1. The first kappa shape index (κ1) is 15.5. The Morgan fingerprint density at radius 1 is 0.889 bits per heavy atom. The summed E-state index contributed by atoms with van der Waals surface area (Å²) < 4.78 is 1.36. The van der Waals surface area contributed by atoms with Crippen LogP contribution in [0, 0.1) is 0 Å². The van der Waals surface area contributed by atoms with E-state index in [2.05, 4.69) is 6.92 Å². The lowest BCUT2D eigenvalue weighted by Gasteiger charge is -2.11. The van der Waals surface area contributed by atoms with Crippen molar-refractivity contribution in [1.29, 1.82) is 0 Å². The van der Waals surface area contributed by atoms with Gasteiger partial charge in [-0.05, 0) is 18.4 Å². The Labute approximate surface area is 115 Å². The summed E-state index contributed by atoms with van der Waals surface area (Å²) in [6.45, 7) is 2.23. The molecular weight excluding hydrogens is 246 g/mol. The fourth-order valence-corrected chi connectivity index (χ4v) is 3.08. The van der Waals surface area contributed by atoms with E-state index in [9.17, 15) is 9.59 Å². The van der Waals surface area contributed by atoms with Crippen molar-refractivity contribution in [3.8, 4) is 0 Å². The Morgan fingerprint density at radius 2 is 1.39 bits per heavy atom. The third-order valence-corrected chi connectivity index (χ3v) is 4.36. The van der Waals surface area contributed by atoms with E-state index in [0.29, 0.717) is 12.8 Å². The number of hydrogen-bond acceptors (Lipinski definition) is 3. The molecule has 0 aromatic carbocycles. The van der Waals surface area contributed by atoms with Crippen LogP contribution in [0.25, 0.3) is 0 Å². The van der Waals surface area contributed by atoms with E-state index in [1.165, 1.54) is 61.2 Å². The second-order valence-electron chi connectivity index (χ2n) is 4.89. The van der Waals surface area contributed by atoms with Gasteiger partial charge in [-0.1, -0.05) is 51.9 Å². The fourth-order valence-electron chi connectivity index (χ4n) is 2.09. The molecule has 1 aliphatic heterocycles. The van der Waals surface area contributed by atoms with Crippen LogP contribution < -0.4 is 0 Å². The van der Waals surface area contributed by atoms with E-state index >= 15 is 0 Å². The monoisotopic (exact) mass is 271 g/mol. The van der Waals surface area contributed by atoms with Gasteiger partial charge in [0.25, 0.3) is 0 Å². The van der Waals surface area contributed by atoms with E-state index < -0.39 is 0 Å².